The van der Waals surface area contributed by atoms with Crippen LogP contribution >= 0.6 is 0 Å². The number of rotatable bonds is 3. The summed E-state index contributed by atoms with van der Waals surface area (Å²) in [6, 6.07) is 0. The van der Waals surface area contributed by atoms with Gasteiger partial charge in [0, 0.05) is 0 Å². The molecular formula is C14H24. The van der Waals surface area contributed by atoms with E-state index in [4.69, 9.17) is 0 Å². The molecule has 0 unspecified atom stereocenters. The van der Waals surface area contributed by atoms with Crippen molar-refractivity contribution in [3.63, 3.8) is 0 Å². The maximum absolute atomic E-state index is 2.39. The van der Waals surface area contributed by atoms with E-state index in [9.17, 15) is 0 Å². The average Bonchev–Trinajstić information content (AvgIpc) is 2.11. The third-order valence-electron chi connectivity index (χ3n) is 3.24. The van der Waals surface area contributed by atoms with Gasteiger partial charge in [0.2, 0.25) is 0 Å². The fraction of sp³-hybridized carbons (Fsp3) is 0.714. The van der Waals surface area contributed by atoms with Gasteiger partial charge in [-0.1, -0.05) is 44.1 Å². The first-order valence-electron chi connectivity index (χ1n) is 5.87. The molecule has 14 heavy (non-hydrogen) atoms. The van der Waals surface area contributed by atoms with Gasteiger partial charge in [-0.3, -0.25) is 0 Å². The van der Waals surface area contributed by atoms with E-state index in [-0.39, 0.29) is 0 Å². The predicted molar refractivity (Wildman–Crippen MR) is 64.4 cm³/mol. The van der Waals surface area contributed by atoms with Gasteiger partial charge in [0.05, 0.1) is 0 Å². The highest BCUT2D eigenvalue weighted by molar-refractivity contribution is 5.20. The molecule has 80 valence electrons. The summed E-state index contributed by atoms with van der Waals surface area (Å²) in [4.78, 5) is 0. The van der Waals surface area contributed by atoms with Crippen molar-refractivity contribution in [3.8, 4) is 0 Å². The zero-order valence-corrected chi connectivity index (χ0v) is 10.2. The Labute approximate surface area is 89.1 Å². The van der Waals surface area contributed by atoms with E-state index in [0.29, 0.717) is 5.41 Å². The smallest absolute Gasteiger partial charge is 0.0136 e. The molecule has 0 aliphatic heterocycles. The molecule has 0 heterocycles. The van der Waals surface area contributed by atoms with E-state index in [2.05, 4.69) is 39.8 Å². The van der Waals surface area contributed by atoms with Crippen molar-refractivity contribution in [2.45, 2.75) is 59.8 Å². The van der Waals surface area contributed by atoms with E-state index in [1.54, 1.807) is 11.1 Å². The third kappa shape index (κ3) is 3.32. The molecule has 0 aromatic heterocycles. The predicted octanol–water partition coefficient (Wildman–Crippen LogP) is 4.87. The molecule has 0 aromatic carbocycles. The molecule has 1 rings (SSSR count). The molecule has 1 aliphatic carbocycles. The Morgan fingerprint density at radius 3 is 2.64 bits per heavy atom. The van der Waals surface area contributed by atoms with Gasteiger partial charge in [-0.2, -0.15) is 0 Å². The van der Waals surface area contributed by atoms with Gasteiger partial charge in [0.1, 0.15) is 0 Å². The second kappa shape index (κ2) is 4.82. The molecule has 0 amide bonds. The molecule has 0 spiro atoms. The van der Waals surface area contributed by atoms with Crippen LogP contribution in [0.4, 0.5) is 0 Å². The van der Waals surface area contributed by atoms with Crippen molar-refractivity contribution in [2.75, 3.05) is 0 Å². The maximum atomic E-state index is 2.39. The van der Waals surface area contributed by atoms with Gasteiger partial charge in [-0.25, -0.2) is 0 Å². The van der Waals surface area contributed by atoms with Crippen LogP contribution in [0, 0.1) is 5.41 Å². The van der Waals surface area contributed by atoms with E-state index in [0.717, 1.165) is 6.42 Å². The van der Waals surface area contributed by atoms with Crippen LogP contribution in [0.25, 0.3) is 0 Å². The lowest BCUT2D eigenvalue weighted by Crippen LogP contribution is -2.17. The molecule has 0 radical (unpaired) electrons. The van der Waals surface area contributed by atoms with E-state index >= 15 is 0 Å². The lowest BCUT2D eigenvalue weighted by molar-refractivity contribution is 0.311. The average molecular weight is 192 g/mol. The summed E-state index contributed by atoms with van der Waals surface area (Å²) in [6.07, 6.45) is 10.9. The summed E-state index contributed by atoms with van der Waals surface area (Å²) in [5, 5.41) is 0. The summed E-state index contributed by atoms with van der Waals surface area (Å²) in [7, 11) is 0. The Morgan fingerprint density at radius 2 is 2.00 bits per heavy atom. The first-order valence-corrected chi connectivity index (χ1v) is 5.87. The van der Waals surface area contributed by atoms with Gasteiger partial charge in [-0.15, -0.1) is 0 Å². The summed E-state index contributed by atoms with van der Waals surface area (Å²) < 4.78 is 0. The summed E-state index contributed by atoms with van der Waals surface area (Å²) in [5.74, 6) is 0. The molecule has 0 saturated heterocycles. The highest BCUT2D eigenvalue weighted by atomic mass is 14.3. The molecule has 1 aliphatic rings. The Kier molecular flexibility index (Phi) is 3.97. The van der Waals surface area contributed by atoms with Crippen LogP contribution in [0.5, 0.6) is 0 Å². The van der Waals surface area contributed by atoms with Gasteiger partial charge >= 0.3 is 0 Å². The van der Waals surface area contributed by atoms with Crippen LogP contribution in [0.2, 0.25) is 0 Å². The molecule has 0 aromatic rings. The summed E-state index contributed by atoms with van der Waals surface area (Å²) in [5.41, 5.74) is 3.87. The largest absolute Gasteiger partial charge is 0.0885 e. The quantitative estimate of drug-likeness (QED) is 0.560. The molecule has 0 atom stereocenters. The normalized spacial score (nSPS) is 22.0. The van der Waals surface area contributed by atoms with E-state index in [1.807, 2.05) is 0 Å². The molecule has 0 nitrogen and oxygen atoms in total. The van der Waals surface area contributed by atoms with Crippen molar-refractivity contribution in [1.82, 2.24) is 0 Å². The van der Waals surface area contributed by atoms with E-state index < -0.39 is 0 Å². The van der Waals surface area contributed by atoms with Crippen LogP contribution in [-0.2, 0) is 0 Å². The molecule has 0 N–H and O–H groups in total. The lowest BCUT2D eigenvalue weighted by atomic mass is 9.74. The fourth-order valence-corrected chi connectivity index (χ4v) is 2.16. The molecule has 0 bridgehead atoms. The van der Waals surface area contributed by atoms with Gasteiger partial charge in [-0.05, 0) is 44.4 Å². The fourth-order valence-electron chi connectivity index (χ4n) is 2.16. The van der Waals surface area contributed by atoms with Crippen LogP contribution in [0.1, 0.15) is 59.8 Å². The lowest BCUT2D eigenvalue weighted by Gasteiger charge is -2.32. The van der Waals surface area contributed by atoms with Gasteiger partial charge < -0.3 is 0 Å². The topological polar surface area (TPSA) is 0 Å². The Morgan fingerprint density at radius 1 is 1.29 bits per heavy atom. The van der Waals surface area contributed by atoms with Crippen LogP contribution in [-0.4, -0.2) is 0 Å². The van der Waals surface area contributed by atoms with Crippen molar-refractivity contribution in [3.05, 3.63) is 23.3 Å². The second-order valence-corrected chi connectivity index (χ2v) is 5.31. The maximum Gasteiger partial charge on any atom is -0.0136 e. The monoisotopic (exact) mass is 192 g/mol. The minimum Gasteiger partial charge on any atom is -0.0885 e. The van der Waals surface area contributed by atoms with Crippen LogP contribution < -0.4 is 0 Å². The van der Waals surface area contributed by atoms with Crippen molar-refractivity contribution < 1.29 is 0 Å². The van der Waals surface area contributed by atoms with E-state index in [1.165, 1.54) is 25.7 Å². The van der Waals surface area contributed by atoms with Crippen molar-refractivity contribution in [2.24, 2.45) is 5.41 Å². The molecule has 0 heteroatoms. The van der Waals surface area contributed by atoms with Crippen LogP contribution in [0.15, 0.2) is 23.3 Å². The first kappa shape index (κ1) is 11.6. The zero-order chi connectivity index (χ0) is 10.6. The van der Waals surface area contributed by atoms with Gasteiger partial charge in [0.15, 0.2) is 0 Å². The van der Waals surface area contributed by atoms with Gasteiger partial charge in [0.25, 0.3) is 0 Å². The number of allylic oxidation sites excluding steroid dienone is 4. The Balaban J connectivity index is 2.61. The zero-order valence-electron chi connectivity index (χ0n) is 10.2. The highest BCUT2D eigenvalue weighted by Crippen LogP contribution is 2.39. The molecular weight excluding hydrogens is 168 g/mol. The Bertz CT molecular complexity index is 241. The van der Waals surface area contributed by atoms with Crippen LogP contribution in [0.3, 0.4) is 0 Å². The second-order valence-electron chi connectivity index (χ2n) is 5.31. The standard InChI is InChI=1S/C14H24/c1-5-6-7-8-13-11-14(3,4)10-9-12(13)2/h6-7H,5,8-11H2,1-4H3/b7-6-. The molecule has 0 saturated carbocycles. The summed E-state index contributed by atoms with van der Waals surface area (Å²) >= 11 is 0. The van der Waals surface area contributed by atoms with Crippen molar-refractivity contribution in [1.29, 1.82) is 0 Å². The minimum absolute atomic E-state index is 0.537. The minimum atomic E-state index is 0.537. The Hall–Kier alpha value is -0.520. The number of hydrogen-bond donors (Lipinski definition) is 0. The number of hydrogen-bond acceptors (Lipinski definition) is 0. The first-order chi connectivity index (χ1) is 6.55. The SMILES string of the molecule is CC/C=C\CC1=C(C)CCC(C)(C)C1. The third-order valence-corrected chi connectivity index (χ3v) is 3.24. The molecule has 0 fully saturated rings. The highest BCUT2D eigenvalue weighted by Gasteiger charge is 2.24. The summed E-state index contributed by atoms with van der Waals surface area (Å²) in [6.45, 7) is 9.29. The van der Waals surface area contributed by atoms with Crippen molar-refractivity contribution >= 4 is 0 Å².